The lowest BCUT2D eigenvalue weighted by atomic mass is 10.1. The maximum atomic E-state index is 12.7. The number of aromatic nitrogens is 1. The summed E-state index contributed by atoms with van der Waals surface area (Å²) < 4.78 is 4.81. The Bertz CT molecular complexity index is 1030. The second-order valence-electron chi connectivity index (χ2n) is 6.40. The van der Waals surface area contributed by atoms with Crippen LogP contribution in [0.4, 0.5) is 17.1 Å². The van der Waals surface area contributed by atoms with Gasteiger partial charge in [0.1, 0.15) is 0 Å². The van der Waals surface area contributed by atoms with Crippen LogP contribution >= 0.6 is 0 Å². The van der Waals surface area contributed by atoms with E-state index < -0.39 is 5.97 Å². The van der Waals surface area contributed by atoms with E-state index in [9.17, 15) is 9.59 Å². The molecular formula is C22H21N3O3. The summed E-state index contributed by atoms with van der Waals surface area (Å²) in [6.07, 6.45) is 3.08. The zero-order valence-corrected chi connectivity index (χ0v) is 15.9. The van der Waals surface area contributed by atoms with Crippen molar-refractivity contribution in [3.05, 3.63) is 83.2 Å². The third kappa shape index (κ3) is 4.35. The number of amides is 1. The molecule has 0 bridgehead atoms. The summed E-state index contributed by atoms with van der Waals surface area (Å²) in [5.41, 5.74) is 4.77. The van der Waals surface area contributed by atoms with E-state index in [1.165, 1.54) is 13.3 Å². The van der Waals surface area contributed by atoms with Gasteiger partial charge in [-0.2, -0.15) is 0 Å². The molecular weight excluding hydrogens is 354 g/mol. The monoisotopic (exact) mass is 375 g/mol. The Morgan fingerprint density at radius 2 is 1.75 bits per heavy atom. The van der Waals surface area contributed by atoms with Gasteiger partial charge in [0.15, 0.2) is 0 Å². The second-order valence-corrected chi connectivity index (χ2v) is 6.40. The second kappa shape index (κ2) is 8.35. The molecule has 0 saturated heterocycles. The fourth-order valence-corrected chi connectivity index (χ4v) is 2.73. The maximum Gasteiger partial charge on any atom is 0.339 e. The molecule has 3 aromatic rings. The first-order valence-corrected chi connectivity index (χ1v) is 8.76. The first-order chi connectivity index (χ1) is 13.5. The molecule has 1 amide bonds. The number of hydrogen-bond donors (Lipinski definition) is 2. The number of nitrogens with one attached hydrogen (secondary N) is 2. The average Bonchev–Trinajstić information content (AvgIpc) is 2.70. The molecule has 6 heteroatoms. The minimum absolute atomic E-state index is 0.258. The molecule has 0 spiro atoms. The van der Waals surface area contributed by atoms with Crippen molar-refractivity contribution in [2.75, 3.05) is 17.7 Å². The van der Waals surface area contributed by atoms with Crippen LogP contribution in [0.2, 0.25) is 0 Å². The van der Waals surface area contributed by atoms with E-state index in [0.29, 0.717) is 22.5 Å². The van der Waals surface area contributed by atoms with Crippen molar-refractivity contribution in [2.24, 2.45) is 0 Å². The fourth-order valence-electron chi connectivity index (χ4n) is 2.73. The van der Waals surface area contributed by atoms with Crippen molar-refractivity contribution in [2.45, 2.75) is 13.8 Å². The summed E-state index contributed by atoms with van der Waals surface area (Å²) in [6.45, 7) is 3.91. The van der Waals surface area contributed by atoms with E-state index in [0.717, 1.165) is 16.8 Å². The topological polar surface area (TPSA) is 80.3 Å². The molecule has 0 fully saturated rings. The van der Waals surface area contributed by atoms with Crippen LogP contribution in [0.1, 0.15) is 31.8 Å². The highest BCUT2D eigenvalue weighted by Crippen LogP contribution is 2.22. The molecule has 0 aliphatic carbocycles. The van der Waals surface area contributed by atoms with Crippen molar-refractivity contribution >= 4 is 28.9 Å². The van der Waals surface area contributed by atoms with E-state index in [-0.39, 0.29) is 5.91 Å². The van der Waals surface area contributed by atoms with Gasteiger partial charge in [-0.1, -0.05) is 24.3 Å². The van der Waals surface area contributed by atoms with Gasteiger partial charge >= 0.3 is 5.97 Å². The van der Waals surface area contributed by atoms with E-state index in [1.54, 1.807) is 36.5 Å². The van der Waals surface area contributed by atoms with Gasteiger partial charge in [-0.3, -0.25) is 9.78 Å². The predicted molar refractivity (Wildman–Crippen MR) is 109 cm³/mol. The van der Waals surface area contributed by atoms with Gasteiger partial charge < -0.3 is 15.4 Å². The number of carbonyl (C=O) groups excluding carboxylic acids is 2. The van der Waals surface area contributed by atoms with Crippen molar-refractivity contribution in [3.8, 4) is 0 Å². The van der Waals surface area contributed by atoms with Gasteiger partial charge in [-0.05, 0) is 49.2 Å². The van der Waals surface area contributed by atoms with Crippen molar-refractivity contribution in [1.29, 1.82) is 0 Å². The summed E-state index contributed by atoms with van der Waals surface area (Å²) in [5.74, 6) is -0.703. The van der Waals surface area contributed by atoms with Gasteiger partial charge in [0.05, 0.1) is 35.8 Å². The van der Waals surface area contributed by atoms with Crippen molar-refractivity contribution in [3.63, 3.8) is 0 Å². The molecule has 2 N–H and O–H groups in total. The summed E-state index contributed by atoms with van der Waals surface area (Å²) in [6, 6.07) is 14.6. The minimum atomic E-state index is -0.445. The van der Waals surface area contributed by atoms with Gasteiger partial charge in [-0.25, -0.2) is 4.79 Å². The molecule has 2 aromatic carbocycles. The normalized spacial score (nSPS) is 10.2. The van der Waals surface area contributed by atoms with Crippen LogP contribution in [-0.2, 0) is 4.74 Å². The smallest absolute Gasteiger partial charge is 0.339 e. The van der Waals surface area contributed by atoms with Crippen LogP contribution in [0.5, 0.6) is 0 Å². The van der Waals surface area contributed by atoms with E-state index >= 15 is 0 Å². The van der Waals surface area contributed by atoms with Crippen molar-refractivity contribution < 1.29 is 14.3 Å². The lowest BCUT2D eigenvalue weighted by Crippen LogP contribution is -2.13. The van der Waals surface area contributed by atoms with Gasteiger partial charge in [0, 0.05) is 11.9 Å². The maximum absolute atomic E-state index is 12.7. The predicted octanol–water partition coefficient (Wildman–Crippen LogP) is 4.48. The first-order valence-electron chi connectivity index (χ1n) is 8.76. The highest BCUT2D eigenvalue weighted by molar-refractivity contribution is 6.05. The lowest BCUT2D eigenvalue weighted by molar-refractivity contribution is 0.0601. The molecule has 0 aliphatic heterocycles. The quantitative estimate of drug-likeness (QED) is 0.643. The summed E-state index contributed by atoms with van der Waals surface area (Å²) in [7, 11) is 1.33. The average molecular weight is 375 g/mol. The van der Waals surface area contributed by atoms with E-state index in [2.05, 4.69) is 15.6 Å². The number of rotatable bonds is 5. The van der Waals surface area contributed by atoms with Crippen LogP contribution in [0.15, 0.2) is 60.9 Å². The fraction of sp³-hybridized carbons (Fsp3) is 0.136. The highest BCUT2D eigenvalue weighted by atomic mass is 16.5. The number of methoxy groups -OCH3 is 1. The Balaban J connectivity index is 1.82. The zero-order valence-electron chi connectivity index (χ0n) is 15.9. The molecule has 3 rings (SSSR count). The molecule has 1 aromatic heterocycles. The molecule has 142 valence electrons. The number of para-hydroxylation sites is 1. The molecule has 0 saturated carbocycles. The number of carbonyl (C=O) groups is 2. The minimum Gasteiger partial charge on any atom is -0.465 e. The third-order valence-electron chi connectivity index (χ3n) is 4.25. The number of pyridine rings is 1. The molecule has 0 atom stereocenters. The van der Waals surface area contributed by atoms with Crippen LogP contribution in [0, 0.1) is 13.8 Å². The Hall–Kier alpha value is -3.67. The lowest BCUT2D eigenvalue weighted by Gasteiger charge is -2.12. The number of ether oxygens (including phenoxy) is 1. The van der Waals surface area contributed by atoms with Gasteiger partial charge in [-0.15, -0.1) is 0 Å². The summed E-state index contributed by atoms with van der Waals surface area (Å²) >= 11 is 0. The number of aryl methyl sites for hydroxylation is 2. The van der Waals surface area contributed by atoms with Gasteiger partial charge in [0.25, 0.3) is 5.91 Å². The Morgan fingerprint density at radius 1 is 0.964 bits per heavy atom. The SMILES string of the molecule is COC(=O)c1ccccc1Nc1cncc(C(=O)Nc2cc(C)ccc2C)c1. The highest BCUT2D eigenvalue weighted by Gasteiger charge is 2.13. The standard InChI is InChI=1S/C22H21N3O3/c1-14-8-9-15(2)20(10-14)25-21(26)16-11-17(13-23-12-16)24-19-7-5-4-6-18(19)22(27)28-3/h4-13,24H,1-3H3,(H,25,26). The van der Waals surface area contributed by atoms with E-state index in [1.807, 2.05) is 32.0 Å². The number of nitrogens with zero attached hydrogens (tertiary/aromatic N) is 1. The van der Waals surface area contributed by atoms with Crippen LogP contribution in [0.25, 0.3) is 0 Å². The van der Waals surface area contributed by atoms with Crippen LogP contribution in [0.3, 0.4) is 0 Å². The van der Waals surface area contributed by atoms with Crippen LogP contribution in [-0.4, -0.2) is 24.0 Å². The van der Waals surface area contributed by atoms with Crippen molar-refractivity contribution in [1.82, 2.24) is 4.98 Å². The van der Waals surface area contributed by atoms with E-state index in [4.69, 9.17) is 4.74 Å². The van der Waals surface area contributed by atoms with Crippen LogP contribution < -0.4 is 10.6 Å². The largest absolute Gasteiger partial charge is 0.465 e. The molecule has 1 heterocycles. The number of anilines is 3. The number of hydrogen-bond acceptors (Lipinski definition) is 5. The molecule has 0 radical (unpaired) electrons. The first kappa shape index (κ1) is 19.1. The Kier molecular flexibility index (Phi) is 5.69. The Morgan fingerprint density at radius 3 is 2.54 bits per heavy atom. The van der Waals surface area contributed by atoms with Gasteiger partial charge in [0.2, 0.25) is 0 Å². The summed E-state index contributed by atoms with van der Waals surface area (Å²) in [5, 5.41) is 6.04. The molecule has 0 aliphatic rings. The zero-order chi connectivity index (χ0) is 20.1. The summed E-state index contributed by atoms with van der Waals surface area (Å²) in [4.78, 5) is 28.7. The molecule has 6 nitrogen and oxygen atoms in total. The molecule has 28 heavy (non-hydrogen) atoms. The third-order valence-corrected chi connectivity index (χ3v) is 4.25. The number of benzene rings is 2. The Labute approximate surface area is 163 Å². The molecule has 0 unspecified atom stereocenters. The number of esters is 1.